The molecule has 2 aliphatic carbocycles. The summed E-state index contributed by atoms with van der Waals surface area (Å²) in [6, 6.07) is 8.06. The summed E-state index contributed by atoms with van der Waals surface area (Å²) in [5.41, 5.74) is 0. The Bertz CT molecular complexity index is 949. The smallest absolute Gasteiger partial charge is 0.244 e. The van der Waals surface area contributed by atoms with Crippen molar-refractivity contribution in [3.05, 3.63) is 59.5 Å². The Balaban J connectivity index is 1.10. The van der Waals surface area contributed by atoms with Gasteiger partial charge in [0.15, 0.2) is 0 Å². The number of carbonyl (C=O) groups is 2. The second-order valence-electron chi connectivity index (χ2n) is 10.3. The molecule has 0 saturated heterocycles. The van der Waals surface area contributed by atoms with E-state index in [1.165, 1.54) is 32.1 Å². The van der Waals surface area contributed by atoms with Gasteiger partial charge in [-0.1, -0.05) is 0 Å². The van der Waals surface area contributed by atoms with Crippen LogP contribution in [0.15, 0.2) is 45.3 Å². The number of carbonyl (C=O) groups excluding carboxylic acids is 2. The van der Waals surface area contributed by atoms with Gasteiger partial charge in [-0.05, 0) is 120 Å². The SMILES string of the molecule is Cc1ccc(/C=C/C(=O)NC2CCC(CC3CCC(NC(=O)/C=C/c4ccc(C)o4)CC3)CC2)o1. The first-order valence-corrected chi connectivity index (χ1v) is 13.0. The monoisotopic (exact) mass is 478 g/mol. The van der Waals surface area contributed by atoms with Crippen LogP contribution in [0.1, 0.15) is 80.8 Å². The maximum absolute atomic E-state index is 12.2. The van der Waals surface area contributed by atoms with E-state index >= 15 is 0 Å². The molecule has 2 N–H and O–H groups in total. The summed E-state index contributed by atoms with van der Waals surface area (Å²) in [5.74, 6) is 4.51. The molecule has 2 aromatic heterocycles. The first-order chi connectivity index (χ1) is 16.9. The highest BCUT2D eigenvalue weighted by Gasteiger charge is 2.27. The molecule has 188 valence electrons. The minimum atomic E-state index is -0.0445. The fourth-order valence-corrected chi connectivity index (χ4v) is 5.46. The van der Waals surface area contributed by atoms with Crippen molar-refractivity contribution in [2.75, 3.05) is 0 Å². The average molecular weight is 479 g/mol. The zero-order chi connectivity index (χ0) is 24.6. The predicted octanol–water partition coefficient (Wildman–Crippen LogP) is 5.96. The summed E-state index contributed by atoms with van der Waals surface area (Å²) in [6.07, 6.45) is 16.8. The third-order valence-corrected chi connectivity index (χ3v) is 7.37. The maximum atomic E-state index is 12.2. The van der Waals surface area contributed by atoms with E-state index in [0.29, 0.717) is 11.5 Å². The molecule has 2 fully saturated rings. The molecule has 0 atom stereocenters. The average Bonchev–Trinajstić information content (AvgIpc) is 3.46. The summed E-state index contributed by atoms with van der Waals surface area (Å²) in [5, 5.41) is 6.29. The standard InChI is InChI=1S/C29H38N2O4/c1-20-3-13-26(34-20)15-17-28(32)30-24-9-5-22(6-10-24)19-23-7-11-25(12-8-23)31-29(33)18-16-27-14-4-21(2)35-27/h3-4,13-18,22-25H,5-12,19H2,1-2H3,(H,30,32)(H,31,33)/b17-15+,18-16+. The Hall–Kier alpha value is -3.02. The van der Waals surface area contributed by atoms with Crippen LogP contribution in [0.2, 0.25) is 0 Å². The van der Waals surface area contributed by atoms with Gasteiger partial charge in [-0.2, -0.15) is 0 Å². The molecule has 2 saturated carbocycles. The van der Waals surface area contributed by atoms with Gasteiger partial charge in [0.1, 0.15) is 23.0 Å². The van der Waals surface area contributed by atoms with Crippen molar-refractivity contribution >= 4 is 24.0 Å². The van der Waals surface area contributed by atoms with Crippen LogP contribution in [-0.2, 0) is 9.59 Å². The molecule has 2 amide bonds. The third-order valence-electron chi connectivity index (χ3n) is 7.37. The first kappa shape index (κ1) is 25.1. The minimum Gasteiger partial charge on any atom is -0.462 e. The molecule has 2 aliphatic rings. The Morgan fingerprint density at radius 3 is 1.46 bits per heavy atom. The summed E-state index contributed by atoms with van der Waals surface area (Å²) in [4.78, 5) is 24.5. The van der Waals surface area contributed by atoms with Crippen molar-refractivity contribution in [2.45, 2.75) is 83.7 Å². The molecule has 6 heteroatoms. The van der Waals surface area contributed by atoms with Crippen molar-refractivity contribution in [3.63, 3.8) is 0 Å². The van der Waals surface area contributed by atoms with E-state index in [-0.39, 0.29) is 23.9 Å². The number of furan rings is 2. The number of aryl methyl sites for hydroxylation is 2. The van der Waals surface area contributed by atoms with Gasteiger partial charge in [0.2, 0.25) is 11.8 Å². The third kappa shape index (κ3) is 8.01. The number of amides is 2. The van der Waals surface area contributed by atoms with Gasteiger partial charge in [-0.15, -0.1) is 0 Å². The van der Waals surface area contributed by atoms with Crippen molar-refractivity contribution in [3.8, 4) is 0 Å². The highest BCUT2D eigenvalue weighted by atomic mass is 16.3. The van der Waals surface area contributed by atoms with Gasteiger partial charge in [-0.3, -0.25) is 9.59 Å². The molecular formula is C29H38N2O4. The van der Waals surface area contributed by atoms with Gasteiger partial charge in [0.05, 0.1) is 0 Å². The normalized spacial score (nSPS) is 25.2. The molecule has 0 aliphatic heterocycles. The summed E-state index contributed by atoms with van der Waals surface area (Å²) in [7, 11) is 0. The second kappa shape index (κ2) is 12.1. The zero-order valence-corrected chi connectivity index (χ0v) is 20.9. The summed E-state index contributed by atoms with van der Waals surface area (Å²) in [6.45, 7) is 3.78. The zero-order valence-electron chi connectivity index (χ0n) is 20.9. The Kier molecular flexibility index (Phi) is 8.67. The molecule has 0 spiro atoms. The van der Waals surface area contributed by atoms with E-state index in [0.717, 1.165) is 49.0 Å². The number of nitrogens with one attached hydrogen (secondary N) is 2. The molecular weight excluding hydrogens is 440 g/mol. The molecule has 0 aromatic carbocycles. The van der Waals surface area contributed by atoms with Crippen molar-refractivity contribution in [1.29, 1.82) is 0 Å². The van der Waals surface area contributed by atoms with E-state index in [2.05, 4.69) is 10.6 Å². The fraction of sp³-hybridized carbons (Fsp3) is 0.517. The van der Waals surface area contributed by atoms with Crippen LogP contribution in [0.5, 0.6) is 0 Å². The highest BCUT2D eigenvalue weighted by molar-refractivity contribution is 5.92. The Labute approximate surface area is 208 Å². The van der Waals surface area contributed by atoms with Gasteiger partial charge in [0.25, 0.3) is 0 Å². The van der Waals surface area contributed by atoms with Gasteiger partial charge < -0.3 is 19.5 Å². The van der Waals surface area contributed by atoms with E-state index in [4.69, 9.17) is 8.83 Å². The van der Waals surface area contributed by atoms with Gasteiger partial charge in [-0.25, -0.2) is 0 Å². The largest absolute Gasteiger partial charge is 0.462 e. The molecule has 4 rings (SSSR count). The van der Waals surface area contributed by atoms with Crippen LogP contribution in [0.25, 0.3) is 12.2 Å². The lowest BCUT2D eigenvalue weighted by Gasteiger charge is -2.34. The molecule has 0 radical (unpaired) electrons. The van der Waals surface area contributed by atoms with Crippen LogP contribution < -0.4 is 10.6 Å². The van der Waals surface area contributed by atoms with Crippen LogP contribution in [0.3, 0.4) is 0 Å². The summed E-state index contributed by atoms with van der Waals surface area (Å²) >= 11 is 0. The van der Waals surface area contributed by atoms with Gasteiger partial charge in [0, 0.05) is 24.2 Å². The maximum Gasteiger partial charge on any atom is 0.244 e. The lowest BCUT2D eigenvalue weighted by Crippen LogP contribution is -2.38. The molecule has 2 heterocycles. The van der Waals surface area contributed by atoms with E-state index < -0.39 is 0 Å². The van der Waals surface area contributed by atoms with E-state index in [1.807, 2.05) is 38.1 Å². The van der Waals surface area contributed by atoms with Crippen LogP contribution >= 0.6 is 0 Å². The summed E-state index contributed by atoms with van der Waals surface area (Å²) < 4.78 is 10.9. The van der Waals surface area contributed by atoms with Crippen molar-refractivity contribution in [1.82, 2.24) is 10.6 Å². The van der Waals surface area contributed by atoms with Gasteiger partial charge >= 0.3 is 0 Å². The predicted molar refractivity (Wildman–Crippen MR) is 137 cm³/mol. The topological polar surface area (TPSA) is 84.5 Å². The van der Waals surface area contributed by atoms with Crippen LogP contribution in [0, 0.1) is 25.7 Å². The second-order valence-corrected chi connectivity index (χ2v) is 10.3. The fourth-order valence-electron chi connectivity index (χ4n) is 5.46. The van der Waals surface area contributed by atoms with Crippen LogP contribution in [-0.4, -0.2) is 23.9 Å². The minimum absolute atomic E-state index is 0.0445. The lowest BCUT2D eigenvalue weighted by molar-refractivity contribution is -0.118. The number of rotatable bonds is 8. The van der Waals surface area contributed by atoms with Crippen molar-refractivity contribution in [2.24, 2.45) is 11.8 Å². The Morgan fingerprint density at radius 2 is 1.11 bits per heavy atom. The molecule has 35 heavy (non-hydrogen) atoms. The highest BCUT2D eigenvalue weighted by Crippen LogP contribution is 2.35. The van der Waals surface area contributed by atoms with E-state index in [9.17, 15) is 9.59 Å². The molecule has 0 unspecified atom stereocenters. The molecule has 6 nitrogen and oxygen atoms in total. The van der Waals surface area contributed by atoms with E-state index in [1.54, 1.807) is 24.3 Å². The number of hydrogen-bond acceptors (Lipinski definition) is 4. The molecule has 2 aromatic rings. The number of hydrogen-bond donors (Lipinski definition) is 2. The van der Waals surface area contributed by atoms with Crippen molar-refractivity contribution < 1.29 is 18.4 Å². The lowest BCUT2D eigenvalue weighted by atomic mass is 9.75. The quantitative estimate of drug-likeness (QED) is 0.459. The first-order valence-electron chi connectivity index (χ1n) is 13.0. The molecule has 0 bridgehead atoms. The Morgan fingerprint density at radius 1 is 0.714 bits per heavy atom. The van der Waals surface area contributed by atoms with Crippen LogP contribution in [0.4, 0.5) is 0 Å².